The van der Waals surface area contributed by atoms with Gasteiger partial charge in [-0.3, -0.25) is 0 Å². The lowest BCUT2D eigenvalue weighted by Gasteiger charge is -2.28. The number of ether oxygens (including phenoxy) is 1. The molecule has 1 unspecified atom stereocenters. The number of amides is 2. The summed E-state index contributed by atoms with van der Waals surface area (Å²) in [6, 6.07) is 0.368. The molecule has 2 heterocycles. The van der Waals surface area contributed by atoms with Gasteiger partial charge in [0.05, 0.1) is 13.2 Å². The molecule has 0 aromatic carbocycles. The third-order valence-corrected chi connectivity index (χ3v) is 2.69. The average molecular weight is 199 g/mol. The van der Waals surface area contributed by atoms with Crippen molar-refractivity contribution >= 4 is 6.03 Å². The Bertz CT molecular complexity index is 198. The Morgan fingerprint density at radius 2 is 2.21 bits per heavy atom. The fraction of sp³-hybridized carbons (Fsp3) is 0.889. The Morgan fingerprint density at radius 1 is 1.43 bits per heavy atom. The Labute approximate surface area is 83.8 Å². The maximum absolute atomic E-state index is 11.7. The summed E-state index contributed by atoms with van der Waals surface area (Å²) < 4.78 is 5.19. The summed E-state index contributed by atoms with van der Waals surface area (Å²) in [4.78, 5) is 13.5. The summed E-state index contributed by atoms with van der Waals surface area (Å²) in [7, 11) is 0. The number of nitrogens with one attached hydrogen (secondary N) is 2. The van der Waals surface area contributed by atoms with Crippen LogP contribution < -0.4 is 10.6 Å². The molecule has 2 N–H and O–H groups in total. The maximum atomic E-state index is 11.7. The quantitative estimate of drug-likeness (QED) is 0.592. The third-order valence-electron chi connectivity index (χ3n) is 2.69. The molecule has 14 heavy (non-hydrogen) atoms. The van der Waals surface area contributed by atoms with Crippen molar-refractivity contribution in [2.75, 3.05) is 39.4 Å². The molecule has 2 amide bonds. The molecule has 0 aromatic heterocycles. The van der Waals surface area contributed by atoms with Crippen LogP contribution >= 0.6 is 0 Å². The van der Waals surface area contributed by atoms with Crippen molar-refractivity contribution in [2.24, 2.45) is 0 Å². The van der Waals surface area contributed by atoms with Gasteiger partial charge in [-0.05, 0) is 13.0 Å². The van der Waals surface area contributed by atoms with E-state index in [0.29, 0.717) is 32.3 Å². The number of carbonyl (C=O) groups is 1. The van der Waals surface area contributed by atoms with E-state index >= 15 is 0 Å². The highest BCUT2D eigenvalue weighted by atomic mass is 16.5. The third kappa shape index (κ3) is 2.36. The predicted octanol–water partition coefficient (Wildman–Crippen LogP) is -0.610. The number of rotatable bonds is 1. The van der Waals surface area contributed by atoms with Gasteiger partial charge in [0.15, 0.2) is 0 Å². The van der Waals surface area contributed by atoms with Gasteiger partial charge in [0.25, 0.3) is 0 Å². The zero-order valence-corrected chi connectivity index (χ0v) is 8.29. The largest absolute Gasteiger partial charge is 0.378 e. The molecule has 0 radical (unpaired) electrons. The first kappa shape index (κ1) is 9.73. The highest BCUT2D eigenvalue weighted by Crippen LogP contribution is 2.01. The number of urea groups is 1. The summed E-state index contributed by atoms with van der Waals surface area (Å²) in [6.45, 7) is 4.66. The van der Waals surface area contributed by atoms with Gasteiger partial charge >= 0.3 is 6.03 Å². The zero-order chi connectivity index (χ0) is 9.80. The van der Waals surface area contributed by atoms with Crippen molar-refractivity contribution in [2.45, 2.75) is 12.5 Å². The smallest absolute Gasteiger partial charge is 0.317 e. The zero-order valence-electron chi connectivity index (χ0n) is 8.29. The first-order chi connectivity index (χ1) is 6.86. The topological polar surface area (TPSA) is 53.6 Å². The number of nitrogens with zero attached hydrogens (tertiary/aromatic N) is 1. The Balaban J connectivity index is 1.75. The number of hydrogen-bond donors (Lipinski definition) is 2. The highest BCUT2D eigenvalue weighted by molar-refractivity contribution is 5.74. The van der Waals surface area contributed by atoms with Crippen molar-refractivity contribution in [1.82, 2.24) is 15.5 Å². The van der Waals surface area contributed by atoms with E-state index in [1.54, 1.807) is 0 Å². The van der Waals surface area contributed by atoms with Crippen LogP contribution in [0.3, 0.4) is 0 Å². The standard InChI is InChI=1S/C9H17N3O2/c13-9(11-8-1-2-10-7-8)12-3-5-14-6-4-12/h8,10H,1-7H2,(H,11,13). The minimum atomic E-state index is 0.0574. The summed E-state index contributed by atoms with van der Waals surface area (Å²) in [5.74, 6) is 0. The fourth-order valence-corrected chi connectivity index (χ4v) is 1.81. The fourth-order valence-electron chi connectivity index (χ4n) is 1.81. The molecule has 0 aromatic rings. The minimum absolute atomic E-state index is 0.0574. The Hall–Kier alpha value is -0.810. The molecule has 5 heteroatoms. The molecule has 80 valence electrons. The van der Waals surface area contributed by atoms with Gasteiger partial charge in [0.1, 0.15) is 0 Å². The van der Waals surface area contributed by atoms with Crippen molar-refractivity contribution in [3.05, 3.63) is 0 Å². The normalized spacial score (nSPS) is 27.7. The van der Waals surface area contributed by atoms with Gasteiger partial charge in [-0.25, -0.2) is 4.79 Å². The summed E-state index contributed by atoms with van der Waals surface area (Å²) in [6.07, 6.45) is 1.04. The maximum Gasteiger partial charge on any atom is 0.317 e. The lowest BCUT2D eigenvalue weighted by Crippen LogP contribution is -2.49. The average Bonchev–Trinajstić information content (AvgIpc) is 2.72. The lowest BCUT2D eigenvalue weighted by molar-refractivity contribution is 0.0526. The molecule has 0 saturated carbocycles. The van der Waals surface area contributed by atoms with Crippen molar-refractivity contribution in [3.8, 4) is 0 Å². The molecular formula is C9H17N3O2. The first-order valence-electron chi connectivity index (χ1n) is 5.20. The van der Waals surface area contributed by atoms with Gasteiger partial charge in [-0.15, -0.1) is 0 Å². The van der Waals surface area contributed by atoms with E-state index in [2.05, 4.69) is 10.6 Å². The van der Waals surface area contributed by atoms with E-state index in [4.69, 9.17) is 4.74 Å². The van der Waals surface area contributed by atoms with Crippen LogP contribution in [0.25, 0.3) is 0 Å². The second-order valence-corrected chi connectivity index (χ2v) is 3.74. The molecule has 2 aliphatic heterocycles. The second kappa shape index (κ2) is 4.61. The number of carbonyl (C=O) groups excluding carboxylic acids is 1. The molecule has 0 bridgehead atoms. The van der Waals surface area contributed by atoms with E-state index in [-0.39, 0.29) is 6.03 Å². The van der Waals surface area contributed by atoms with E-state index in [0.717, 1.165) is 19.5 Å². The molecule has 1 atom stereocenters. The molecule has 2 rings (SSSR count). The molecular weight excluding hydrogens is 182 g/mol. The minimum Gasteiger partial charge on any atom is -0.378 e. The predicted molar refractivity (Wildman–Crippen MR) is 52.2 cm³/mol. The Kier molecular flexibility index (Phi) is 3.21. The van der Waals surface area contributed by atoms with Crippen LogP contribution in [0.15, 0.2) is 0 Å². The molecule has 2 aliphatic rings. The van der Waals surface area contributed by atoms with Crippen molar-refractivity contribution in [3.63, 3.8) is 0 Å². The summed E-state index contributed by atoms with van der Waals surface area (Å²) in [5.41, 5.74) is 0. The van der Waals surface area contributed by atoms with Crippen LogP contribution in [0.2, 0.25) is 0 Å². The molecule has 2 fully saturated rings. The van der Waals surface area contributed by atoms with Crippen LogP contribution in [0.5, 0.6) is 0 Å². The number of morpholine rings is 1. The van der Waals surface area contributed by atoms with Gasteiger partial charge in [0, 0.05) is 25.7 Å². The second-order valence-electron chi connectivity index (χ2n) is 3.74. The monoisotopic (exact) mass is 199 g/mol. The van der Waals surface area contributed by atoms with Crippen LogP contribution in [0.1, 0.15) is 6.42 Å². The SMILES string of the molecule is O=C(NC1CCNC1)N1CCOCC1. The van der Waals surface area contributed by atoms with Gasteiger partial charge in [-0.1, -0.05) is 0 Å². The summed E-state index contributed by atoms with van der Waals surface area (Å²) in [5, 5.41) is 6.24. The van der Waals surface area contributed by atoms with Crippen LogP contribution in [0, 0.1) is 0 Å². The summed E-state index contributed by atoms with van der Waals surface area (Å²) >= 11 is 0. The molecule has 0 aliphatic carbocycles. The van der Waals surface area contributed by atoms with E-state index < -0.39 is 0 Å². The van der Waals surface area contributed by atoms with E-state index in [1.807, 2.05) is 4.90 Å². The lowest BCUT2D eigenvalue weighted by atomic mass is 10.3. The van der Waals surface area contributed by atoms with Gasteiger partial charge in [0.2, 0.25) is 0 Å². The van der Waals surface area contributed by atoms with Crippen LogP contribution in [-0.2, 0) is 4.74 Å². The van der Waals surface area contributed by atoms with Crippen molar-refractivity contribution < 1.29 is 9.53 Å². The van der Waals surface area contributed by atoms with Crippen LogP contribution in [0.4, 0.5) is 4.79 Å². The van der Waals surface area contributed by atoms with E-state index in [1.165, 1.54) is 0 Å². The molecule has 5 nitrogen and oxygen atoms in total. The van der Waals surface area contributed by atoms with Gasteiger partial charge < -0.3 is 20.3 Å². The van der Waals surface area contributed by atoms with Crippen molar-refractivity contribution in [1.29, 1.82) is 0 Å². The molecule has 0 spiro atoms. The number of hydrogen-bond acceptors (Lipinski definition) is 3. The molecule has 2 saturated heterocycles. The van der Waals surface area contributed by atoms with E-state index in [9.17, 15) is 4.79 Å². The Morgan fingerprint density at radius 3 is 2.86 bits per heavy atom. The first-order valence-corrected chi connectivity index (χ1v) is 5.20. The van der Waals surface area contributed by atoms with Crippen LogP contribution in [-0.4, -0.2) is 56.4 Å². The highest BCUT2D eigenvalue weighted by Gasteiger charge is 2.21. The van der Waals surface area contributed by atoms with Gasteiger partial charge in [-0.2, -0.15) is 0 Å².